The van der Waals surface area contributed by atoms with Crippen molar-refractivity contribution in [3.05, 3.63) is 71.6 Å². The Morgan fingerprint density at radius 3 is 2.50 bits per heavy atom. The molecule has 164 valence electrons. The van der Waals surface area contributed by atoms with Crippen LogP contribution in [0.2, 0.25) is 0 Å². The fraction of sp³-hybridized carbons (Fsp3) is 0.208. The van der Waals surface area contributed by atoms with Gasteiger partial charge in [0.1, 0.15) is 22.7 Å². The van der Waals surface area contributed by atoms with Gasteiger partial charge >= 0.3 is 0 Å². The highest BCUT2D eigenvalue weighted by molar-refractivity contribution is 7.17. The van der Waals surface area contributed by atoms with E-state index < -0.39 is 0 Å². The number of rotatable bonds is 10. The summed E-state index contributed by atoms with van der Waals surface area (Å²) < 4.78 is 25.0. The van der Waals surface area contributed by atoms with Crippen molar-refractivity contribution in [2.75, 3.05) is 19.8 Å². The molecule has 0 spiro atoms. The number of hydrogen-bond acceptors (Lipinski definition) is 7. The Balaban J connectivity index is 1.33. The molecular weight excluding hydrogens is 429 g/mol. The van der Waals surface area contributed by atoms with E-state index in [-0.39, 0.29) is 18.1 Å². The van der Waals surface area contributed by atoms with Gasteiger partial charge in [0.25, 0.3) is 0 Å². The molecule has 6 nitrogen and oxygen atoms in total. The molecule has 2 aromatic carbocycles. The molecule has 0 bridgehead atoms. The predicted octanol–water partition coefficient (Wildman–Crippen LogP) is 4.42. The van der Waals surface area contributed by atoms with Gasteiger partial charge in [-0.1, -0.05) is 24.3 Å². The lowest BCUT2D eigenvalue weighted by molar-refractivity contribution is -0.117. The monoisotopic (exact) mass is 451 g/mol. The average molecular weight is 452 g/mol. The zero-order valence-electron chi connectivity index (χ0n) is 17.3. The van der Waals surface area contributed by atoms with Crippen LogP contribution >= 0.6 is 11.3 Å². The van der Waals surface area contributed by atoms with Crippen LogP contribution in [0.15, 0.2) is 60.2 Å². The first-order valence-corrected chi connectivity index (χ1v) is 11.1. The van der Waals surface area contributed by atoms with Crippen LogP contribution in [0.1, 0.15) is 12.0 Å². The molecule has 2 aromatic heterocycles. The third-order valence-corrected chi connectivity index (χ3v) is 5.73. The van der Waals surface area contributed by atoms with Crippen LogP contribution in [-0.2, 0) is 11.2 Å². The highest BCUT2D eigenvalue weighted by Crippen LogP contribution is 2.37. The van der Waals surface area contributed by atoms with Crippen molar-refractivity contribution in [2.45, 2.75) is 12.8 Å². The molecule has 0 saturated carbocycles. The maximum Gasteiger partial charge on any atom is 0.225 e. The fourth-order valence-electron chi connectivity index (χ4n) is 3.22. The quantitative estimate of drug-likeness (QED) is 0.359. The van der Waals surface area contributed by atoms with Gasteiger partial charge in [-0.3, -0.25) is 4.79 Å². The third kappa shape index (κ3) is 5.27. The molecule has 0 aliphatic rings. The molecule has 2 heterocycles. The van der Waals surface area contributed by atoms with Crippen LogP contribution in [0.5, 0.6) is 11.6 Å². The number of aromatic nitrogens is 2. The van der Waals surface area contributed by atoms with Gasteiger partial charge in [0.2, 0.25) is 5.88 Å². The first-order chi connectivity index (χ1) is 15.6. The van der Waals surface area contributed by atoms with E-state index in [2.05, 4.69) is 9.97 Å². The predicted molar refractivity (Wildman–Crippen MR) is 123 cm³/mol. The second kappa shape index (κ2) is 10.3. The van der Waals surface area contributed by atoms with E-state index in [1.807, 2.05) is 29.6 Å². The summed E-state index contributed by atoms with van der Waals surface area (Å²) in [6.45, 7) is 0.950. The van der Waals surface area contributed by atoms with E-state index in [0.717, 1.165) is 32.7 Å². The topological polar surface area (TPSA) is 87.3 Å². The van der Waals surface area contributed by atoms with E-state index in [9.17, 15) is 9.18 Å². The summed E-state index contributed by atoms with van der Waals surface area (Å²) in [5, 5.41) is 2.81. The lowest BCUT2D eigenvalue weighted by Crippen LogP contribution is -2.15. The Morgan fingerprint density at radius 1 is 1.00 bits per heavy atom. The van der Waals surface area contributed by atoms with Gasteiger partial charge in [0.15, 0.2) is 5.78 Å². The summed E-state index contributed by atoms with van der Waals surface area (Å²) in [4.78, 5) is 20.9. The maximum absolute atomic E-state index is 13.3. The van der Waals surface area contributed by atoms with E-state index in [1.165, 1.54) is 29.8 Å². The summed E-state index contributed by atoms with van der Waals surface area (Å²) in [6.07, 6.45) is 2.48. The molecular formula is C24H22FN3O3S. The van der Waals surface area contributed by atoms with E-state index >= 15 is 0 Å². The molecule has 0 saturated heterocycles. The smallest absolute Gasteiger partial charge is 0.225 e. The summed E-state index contributed by atoms with van der Waals surface area (Å²) >= 11 is 1.50. The van der Waals surface area contributed by atoms with E-state index in [0.29, 0.717) is 31.9 Å². The number of Topliss-reactive ketones (excluding diaryl/α,β-unsaturated/α-hetero) is 1. The minimum atomic E-state index is -0.278. The molecule has 2 N–H and O–H groups in total. The minimum absolute atomic E-state index is 0.00264. The van der Waals surface area contributed by atoms with Crippen molar-refractivity contribution in [3.8, 4) is 22.8 Å². The molecule has 0 amide bonds. The number of carbonyl (C=O) groups excluding carboxylic acids is 1. The number of hydrogen-bond donors (Lipinski definition) is 1. The Labute approximate surface area is 188 Å². The summed E-state index contributed by atoms with van der Waals surface area (Å²) in [5.74, 6) is 0.960. The first-order valence-electron chi connectivity index (χ1n) is 10.2. The Bertz CT molecular complexity index is 1190. The van der Waals surface area contributed by atoms with Gasteiger partial charge in [0.05, 0.1) is 25.1 Å². The number of thiophene rings is 1. The van der Waals surface area contributed by atoms with Crippen molar-refractivity contribution in [2.24, 2.45) is 5.73 Å². The number of ether oxygens (including phenoxy) is 2. The Kier molecular flexibility index (Phi) is 7.03. The molecule has 0 radical (unpaired) electrons. The molecule has 8 heteroatoms. The summed E-state index contributed by atoms with van der Waals surface area (Å²) in [6, 6.07) is 13.8. The number of fused-ring (bicyclic) bond motifs is 1. The molecule has 0 atom stereocenters. The molecule has 4 aromatic rings. The minimum Gasteiger partial charge on any atom is -0.493 e. The van der Waals surface area contributed by atoms with Gasteiger partial charge in [-0.2, -0.15) is 0 Å². The van der Waals surface area contributed by atoms with Crippen molar-refractivity contribution in [1.82, 2.24) is 9.97 Å². The maximum atomic E-state index is 13.3. The lowest BCUT2D eigenvalue weighted by Gasteiger charge is -2.09. The van der Waals surface area contributed by atoms with Crippen molar-refractivity contribution in [3.63, 3.8) is 0 Å². The normalized spacial score (nSPS) is 10.9. The third-order valence-electron chi connectivity index (χ3n) is 4.84. The number of nitrogens with zero attached hydrogens (tertiary/aromatic N) is 2. The van der Waals surface area contributed by atoms with Crippen LogP contribution in [0.3, 0.4) is 0 Å². The van der Waals surface area contributed by atoms with E-state index in [4.69, 9.17) is 15.2 Å². The highest BCUT2D eigenvalue weighted by atomic mass is 32.1. The largest absolute Gasteiger partial charge is 0.493 e. The highest BCUT2D eigenvalue weighted by Gasteiger charge is 2.14. The SMILES string of the molecule is NCC(=O)Cc1ccc(OCCCOc2ncnc3scc(-c4ccc(F)cc4)c23)cc1. The van der Waals surface area contributed by atoms with E-state index in [1.54, 1.807) is 12.1 Å². The Morgan fingerprint density at radius 2 is 1.75 bits per heavy atom. The van der Waals surface area contributed by atoms with Crippen molar-refractivity contribution in [1.29, 1.82) is 0 Å². The average Bonchev–Trinajstić information content (AvgIpc) is 3.25. The Hall–Kier alpha value is -3.36. The lowest BCUT2D eigenvalue weighted by atomic mass is 10.1. The number of nitrogens with two attached hydrogens (primary N) is 1. The van der Waals surface area contributed by atoms with Gasteiger partial charge in [-0.05, 0) is 35.4 Å². The summed E-state index contributed by atoms with van der Waals surface area (Å²) in [5.41, 5.74) is 8.07. The molecule has 0 fully saturated rings. The first kappa shape index (κ1) is 21.9. The van der Waals surface area contributed by atoms with Gasteiger partial charge < -0.3 is 15.2 Å². The second-order valence-corrected chi connectivity index (χ2v) is 7.99. The van der Waals surface area contributed by atoms with Gasteiger partial charge in [0, 0.05) is 23.8 Å². The molecule has 4 rings (SSSR count). The zero-order chi connectivity index (χ0) is 22.3. The fourth-order valence-corrected chi connectivity index (χ4v) is 4.13. The zero-order valence-corrected chi connectivity index (χ0v) is 18.1. The number of benzene rings is 2. The van der Waals surface area contributed by atoms with Crippen LogP contribution in [0.4, 0.5) is 4.39 Å². The van der Waals surface area contributed by atoms with Crippen LogP contribution < -0.4 is 15.2 Å². The number of halogens is 1. The molecule has 0 aliphatic carbocycles. The van der Waals surface area contributed by atoms with Crippen LogP contribution in [-0.4, -0.2) is 35.5 Å². The summed E-state index contributed by atoms with van der Waals surface area (Å²) in [7, 11) is 0. The van der Waals surface area contributed by atoms with Gasteiger partial charge in [-0.15, -0.1) is 11.3 Å². The molecule has 0 aliphatic heterocycles. The number of ketones is 1. The standard InChI is InChI=1S/C24H22FN3O3S/c25-18-6-4-17(5-7-18)21-14-32-24-22(21)23(27-15-28-24)31-11-1-10-30-20-8-2-16(3-9-20)12-19(29)13-26/h2-9,14-15H,1,10-13,26H2. The molecule has 32 heavy (non-hydrogen) atoms. The van der Waals surface area contributed by atoms with Crippen LogP contribution in [0, 0.1) is 5.82 Å². The van der Waals surface area contributed by atoms with Crippen LogP contribution in [0.25, 0.3) is 21.3 Å². The number of carbonyl (C=O) groups is 1. The second-order valence-electron chi connectivity index (χ2n) is 7.13. The molecule has 0 unspecified atom stereocenters. The van der Waals surface area contributed by atoms with Crippen molar-refractivity contribution < 1.29 is 18.7 Å². The van der Waals surface area contributed by atoms with Crippen molar-refractivity contribution >= 4 is 27.3 Å². The van der Waals surface area contributed by atoms with Gasteiger partial charge in [-0.25, -0.2) is 14.4 Å².